The summed E-state index contributed by atoms with van der Waals surface area (Å²) in [5.41, 5.74) is 0.780. The molecule has 0 bridgehead atoms. The van der Waals surface area contributed by atoms with Crippen LogP contribution in [0.15, 0.2) is 36.8 Å². The summed E-state index contributed by atoms with van der Waals surface area (Å²) in [6.45, 7) is 0.354. The highest BCUT2D eigenvalue weighted by molar-refractivity contribution is 6.32. The van der Waals surface area contributed by atoms with Crippen molar-refractivity contribution in [1.82, 2.24) is 19.7 Å². The van der Waals surface area contributed by atoms with Crippen LogP contribution in [0.25, 0.3) is 0 Å². The summed E-state index contributed by atoms with van der Waals surface area (Å²) in [4.78, 5) is 8.28. The molecule has 0 radical (unpaired) electrons. The van der Waals surface area contributed by atoms with Gasteiger partial charge >= 0.3 is 0 Å². The molecule has 136 valence electrons. The molecule has 26 heavy (non-hydrogen) atoms. The van der Waals surface area contributed by atoms with Crippen molar-refractivity contribution in [3.8, 4) is 0 Å². The number of hydrogen-bond donors (Lipinski definition) is 3. The second-order valence-electron chi connectivity index (χ2n) is 5.32. The second-order valence-corrected chi connectivity index (χ2v) is 5.73. The van der Waals surface area contributed by atoms with Gasteiger partial charge < -0.3 is 15.7 Å². The summed E-state index contributed by atoms with van der Waals surface area (Å²) < 4.78 is 28.5. The maximum atomic E-state index is 13.7. The van der Waals surface area contributed by atoms with E-state index >= 15 is 0 Å². The lowest BCUT2D eigenvalue weighted by molar-refractivity contribution is 0.269. The number of rotatable bonds is 7. The monoisotopic (exact) mass is 380 g/mol. The van der Waals surface area contributed by atoms with E-state index in [0.29, 0.717) is 12.2 Å². The molecule has 3 aromatic rings. The van der Waals surface area contributed by atoms with Crippen molar-refractivity contribution in [2.24, 2.45) is 0 Å². The lowest BCUT2D eigenvalue weighted by atomic mass is 10.2. The molecule has 0 aliphatic rings. The molecule has 0 unspecified atom stereocenters. The molecule has 0 amide bonds. The Bertz CT molecular complexity index is 904. The molecule has 0 saturated heterocycles. The predicted octanol–water partition coefficient (Wildman–Crippen LogP) is 2.95. The number of aliphatic hydroxyl groups excluding tert-OH is 1. The average molecular weight is 381 g/mol. The highest BCUT2D eigenvalue weighted by Gasteiger charge is 2.09. The summed E-state index contributed by atoms with van der Waals surface area (Å²) in [5.74, 6) is -0.534. The predicted molar refractivity (Wildman–Crippen MR) is 93.3 cm³/mol. The van der Waals surface area contributed by atoms with E-state index in [1.54, 1.807) is 17.1 Å². The van der Waals surface area contributed by atoms with Crippen molar-refractivity contribution in [3.63, 3.8) is 0 Å². The van der Waals surface area contributed by atoms with Crippen LogP contribution in [-0.2, 0) is 13.1 Å². The van der Waals surface area contributed by atoms with E-state index < -0.39 is 11.6 Å². The molecule has 7 nitrogen and oxygen atoms in total. The van der Waals surface area contributed by atoms with E-state index in [2.05, 4.69) is 25.7 Å². The fourth-order valence-corrected chi connectivity index (χ4v) is 2.35. The van der Waals surface area contributed by atoms with Crippen LogP contribution in [0.3, 0.4) is 0 Å². The van der Waals surface area contributed by atoms with Gasteiger partial charge in [0.15, 0.2) is 5.82 Å². The molecule has 3 N–H and O–H groups in total. The Labute approximate surface area is 152 Å². The number of benzene rings is 1. The number of aromatic nitrogens is 4. The van der Waals surface area contributed by atoms with Gasteiger partial charge in [0.05, 0.1) is 31.2 Å². The first-order valence-electron chi connectivity index (χ1n) is 7.66. The largest absolute Gasteiger partial charge is 0.394 e. The molecule has 2 heterocycles. The van der Waals surface area contributed by atoms with Gasteiger partial charge in [-0.05, 0) is 18.2 Å². The van der Waals surface area contributed by atoms with Gasteiger partial charge in [0.25, 0.3) is 0 Å². The summed E-state index contributed by atoms with van der Waals surface area (Å²) >= 11 is 6.05. The lowest BCUT2D eigenvalue weighted by Gasteiger charge is -2.10. The minimum Gasteiger partial charge on any atom is -0.394 e. The van der Waals surface area contributed by atoms with Gasteiger partial charge in [0.2, 0.25) is 5.95 Å². The zero-order valence-electron chi connectivity index (χ0n) is 13.5. The SMILES string of the molecule is OCCn1cc(Nc2ncc(Cl)c(NCc3cc(F)ccc3F)n2)cn1. The first-order chi connectivity index (χ1) is 12.5. The first kappa shape index (κ1) is 18.0. The molecule has 2 aromatic heterocycles. The van der Waals surface area contributed by atoms with Crippen molar-refractivity contribution in [1.29, 1.82) is 0 Å². The Balaban J connectivity index is 1.71. The number of aliphatic hydroxyl groups is 1. The van der Waals surface area contributed by atoms with Crippen molar-refractivity contribution >= 4 is 29.1 Å². The normalized spacial score (nSPS) is 10.8. The molecule has 0 fully saturated rings. The quantitative estimate of drug-likeness (QED) is 0.584. The van der Waals surface area contributed by atoms with Gasteiger partial charge in [0, 0.05) is 18.3 Å². The Hall–Kier alpha value is -2.78. The van der Waals surface area contributed by atoms with E-state index in [1.807, 2.05) is 0 Å². The minimum atomic E-state index is -0.529. The lowest BCUT2D eigenvalue weighted by Crippen LogP contribution is -2.06. The molecule has 3 rings (SSSR count). The number of nitrogens with one attached hydrogen (secondary N) is 2. The van der Waals surface area contributed by atoms with Crippen molar-refractivity contribution < 1.29 is 13.9 Å². The van der Waals surface area contributed by atoms with Gasteiger partial charge in [-0.15, -0.1) is 0 Å². The van der Waals surface area contributed by atoms with Crippen LogP contribution >= 0.6 is 11.6 Å². The highest BCUT2D eigenvalue weighted by Crippen LogP contribution is 2.22. The summed E-state index contributed by atoms with van der Waals surface area (Å²) in [6, 6.07) is 3.21. The van der Waals surface area contributed by atoms with Crippen molar-refractivity contribution in [2.75, 3.05) is 17.2 Å². The van der Waals surface area contributed by atoms with E-state index in [4.69, 9.17) is 16.7 Å². The number of anilines is 3. The molecule has 0 aliphatic carbocycles. The maximum Gasteiger partial charge on any atom is 0.229 e. The third-order valence-electron chi connectivity index (χ3n) is 3.42. The molecule has 0 spiro atoms. The Kier molecular flexibility index (Phi) is 5.59. The van der Waals surface area contributed by atoms with Crippen LogP contribution in [0, 0.1) is 11.6 Å². The first-order valence-corrected chi connectivity index (χ1v) is 8.03. The van der Waals surface area contributed by atoms with Gasteiger partial charge in [0.1, 0.15) is 16.7 Å². The summed E-state index contributed by atoms with van der Waals surface area (Å²) in [7, 11) is 0. The highest BCUT2D eigenvalue weighted by atomic mass is 35.5. The van der Waals surface area contributed by atoms with Crippen LogP contribution in [-0.4, -0.2) is 31.5 Å². The Morgan fingerprint density at radius 2 is 2.08 bits per heavy atom. The fourth-order valence-electron chi connectivity index (χ4n) is 2.19. The smallest absolute Gasteiger partial charge is 0.229 e. The van der Waals surface area contributed by atoms with Crippen molar-refractivity contribution in [2.45, 2.75) is 13.1 Å². The van der Waals surface area contributed by atoms with Gasteiger partial charge in [-0.2, -0.15) is 10.1 Å². The number of nitrogens with zero attached hydrogens (tertiary/aromatic N) is 4. The average Bonchev–Trinajstić information content (AvgIpc) is 3.05. The maximum absolute atomic E-state index is 13.7. The van der Waals surface area contributed by atoms with Crippen LogP contribution in [0.5, 0.6) is 0 Å². The van der Waals surface area contributed by atoms with E-state index in [9.17, 15) is 8.78 Å². The van der Waals surface area contributed by atoms with Crippen LogP contribution in [0.1, 0.15) is 5.56 Å². The number of halogens is 3. The third-order valence-corrected chi connectivity index (χ3v) is 3.69. The van der Waals surface area contributed by atoms with Gasteiger partial charge in [-0.3, -0.25) is 4.68 Å². The molecule has 1 aromatic carbocycles. The molecule has 0 saturated carbocycles. The molecular weight excluding hydrogens is 366 g/mol. The Morgan fingerprint density at radius 1 is 1.23 bits per heavy atom. The second kappa shape index (κ2) is 8.07. The molecule has 0 atom stereocenters. The third kappa shape index (κ3) is 4.44. The molecule has 0 aliphatic heterocycles. The topological polar surface area (TPSA) is 87.9 Å². The van der Waals surface area contributed by atoms with E-state index in [-0.39, 0.29) is 35.5 Å². The Morgan fingerprint density at radius 3 is 2.88 bits per heavy atom. The van der Waals surface area contributed by atoms with Gasteiger partial charge in [-0.1, -0.05) is 11.6 Å². The van der Waals surface area contributed by atoms with Crippen LogP contribution < -0.4 is 10.6 Å². The number of hydrogen-bond acceptors (Lipinski definition) is 6. The zero-order chi connectivity index (χ0) is 18.5. The molecular formula is C16H15ClF2N6O. The fraction of sp³-hybridized carbons (Fsp3) is 0.188. The standard InChI is InChI=1S/C16H15ClF2N6O/c17-13-8-21-16(23-12-7-22-25(9-12)3-4-26)24-15(13)20-6-10-5-11(18)1-2-14(10)19/h1-2,5,7-9,26H,3-4,6H2,(H2,20,21,23,24). The zero-order valence-corrected chi connectivity index (χ0v) is 14.2. The molecule has 10 heteroatoms. The van der Waals surface area contributed by atoms with Crippen molar-refractivity contribution in [3.05, 3.63) is 59.0 Å². The summed E-state index contributed by atoms with van der Waals surface area (Å²) in [5, 5.41) is 19.0. The van der Waals surface area contributed by atoms with E-state index in [1.165, 1.54) is 6.20 Å². The van der Waals surface area contributed by atoms with Gasteiger partial charge in [-0.25, -0.2) is 13.8 Å². The summed E-state index contributed by atoms with van der Waals surface area (Å²) in [6.07, 6.45) is 4.63. The van der Waals surface area contributed by atoms with Crippen LogP contribution in [0.4, 0.5) is 26.2 Å². The van der Waals surface area contributed by atoms with E-state index in [0.717, 1.165) is 18.2 Å². The minimum absolute atomic E-state index is 0.00813. The van der Waals surface area contributed by atoms with Crippen LogP contribution in [0.2, 0.25) is 5.02 Å².